The molecule has 0 saturated carbocycles. The third-order valence-corrected chi connectivity index (χ3v) is 7.12. The van der Waals surface area contributed by atoms with Gasteiger partial charge in [0, 0.05) is 26.2 Å². The normalized spacial score (nSPS) is 14.2. The van der Waals surface area contributed by atoms with Gasteiger partial charge in [-0.1, -0.05) is 41.2 Å². The summed E-state index contributed by atoms with van der Waals surface area (Å²) in [6.45, 7) is 9.37. The van der Waals surface area contributed by atoms with E-state index in [-0.39, 0.29) is 5.91 Å². The molecule has 170 valence electrons. The average molecular weight is 462 g/mol. The van der Waals surface area contributed by atoms with Gasteiger partial charge < -0.3 is 14.5 Å². The number of hydrogen-bond acceptors (Lipinski definition) is 6. The Morgan fingerprint density at radius 3 is 2.48 bits per heavy atom. The van der Waals surface area contributed by atoms with Crippen LogP contribution >= 0.6 is 11.3 Å². The molecule has 0 N–H and O–H groups in total. The summed E-state index contributed by atoms with van der Waals surface area (Å²) < 4.78 is 8.69. The van der Waals surface area contributed by atoms with Crippen molar-refractivity contribution in [1.29, 1.82) is 0 Å². The van der Waals surface area contributed by atoms with Gasteiger partial charge in [0.1, 0.15) is 5.75 Å². The molecule has 0 bridgehead atoms. The number of hydrogen-bond donors (Lipinski definition) is 0. The van der Waals surface area contributed by atoms with Gasteiger partial charge in [0.2, 0.25) is 0 Å². The summed E-state index contributed by atoms with van der Waals surface area (Å²) in [4.78, 5) is 22.2. The summed E-state index contributed by atoms with van der Waals surface area (Å²) >= 11 is 1.67. The highest BCUT2D eigenvalue weighted by molar-refractivity contribution is 7.22. The van der Waals surface area contributed by atoms with Crippen molar-refractivity contribution in [2.75, 3.05) is 37.7 Å². The number of thiazole rings is 1. The Kier molecular flexibility index (Phi) is 5.76. The molecular weight excluding hydrogens is 434 g/mol. The summed E-state index contributed by atoms with van der Waals surface area (Å²) in [6, 6.07) is 15.8. The van der Waals surface area contributed by atoms with E-state index in [4.69, 9.17) is 14.8 Å². The van der Waals surface area contributed by atoms with Crippen LogP contribution in [0.25, 0.3) is 16.0 Å². The molecule has 1 saturated heterocycles. The van der Waals surface area contributed by atoms with Crippen LogP contribution in [0.2, 0.25) is 0 Å². The Balaban J connectivity index is 1.33. The number of amides is 1. The lowest BCUT2D eigenvalue weighted by molar-refractivity contribution is 0.0742. The maximum absolute atomic E-state index is 13.1. The molecule has 0 atom stereocenters. The number of ether oxygens (including phenoxy) is 1. The van der Waals surface area contributed by atoms with Crippen molar-refractivity contribution in [3.05, 3.63) is 65.4 Å². The van der Waals surface area contributed by atoms with E-state index in [1.807, 2.05) is 47.7 Å². The van der Waals surface area contributed by atoms with Crippen molar-refractivity contribution in [2.45, 2.75) is 20.8 Å². The summed E-state index contributed by atoms with van der Waals surface area (Å²) in [5.41, 5.74) is 4.73. The fraction of sp³-hybridized carbons (Fsp3) is 0.320. The number of piperazine rings is 1. The van der Waals surface area contributed by atoms with Gasteiger partial charge >= 0.3 is 0 Å². The van der Waals surface area contributed by atoms with Gasteiger partial charge in [-0.15, -0.1) is 0 Å². The van der Waals surface area contributed by atoms with Crippen LogP contribution in [-0.2, 0) is 0 Å². The second kappa shape index (κ2) is 8.86. The van der Waals surface area contributed by atoms with Crippen molar-refractivity contribution < 1.29 is 9.53 Å². The van der Waals surface area contributed by atoms with E-state index in [2.05, 4.69) is 36.1 Å². The number of anilines is 1. The van der Waals surface area contributed by atoms with Crippen LogP contribution in [0, 0.1) is 13.8 Å². The number of carbonyl (C=O) groups is 1. The topological polar surface area (TPSA) is 63.5 Å². The van der Waals surface area contributed by atoms with E-state index in [9.17, 15) is 4.79 Å². The van der Waals surface area contributed by atoms with Crippen LogP contribution in [0.1, 0.15) is 28.5 Å². The summed E-state index contributed by atoms with van der Waals surface area (Å²) in [5, 5.41) is 5.69. The second-order valence-electron chi connectivity index (χ2n) is 8.19. The lowest BCUT2D eigenvalue weighted by Gasteiger charge is -2.34. The molecular formula is C25H27N5O2S. The average Bonchev–Trinajstić information content (AvgIpc) is 3.41. The Morgan fingerprint density at radius 1 is 1.03 bits per heavy atom. The zero-order valence-electron chi connectivity index (χ0n) is 19.1. The van der Waals surface area contributed by atoms with Crippen LogP contribution < -0.4 is 9.64 Å². The molecule has 2 aromatic heterocycles. The molecule has 1 amide bonds. The number of nitrogens with zero attached hydrogens (tertiary/aromatic N) is 5. The number of para-hydroxylation sites is 1. The number of aromatic nitrogens is 3. The summed E-state index contributed by atoms with van der Waals surface area (Å²) in [5.74, 6) is 0.670. The highest BCUT2D eigenvalue weighted by Crippen LogP contribution is 2.33. The van der Waals surface area contributed by atoms with Crippen molar-refractivity contribution in [2.24, 2.45) is 0 Å². The molecule has 7 nitrogen and oxygen atoms in total. The predicted molar refractivity (Wildman–Crippen MR) is 132 cm³/mol. The van der Waals surface area contributed by atoms with Gasteiger partial charge in [0.15, 0.2) is 10.8 Å². The van der Waals surface area contributed by atoms with E-state index in [1.165, 1.54) is 5.56 Å². The summed E-state index contributed by atoms with van der Waals surface area (Å²) in [6.07, 6.45) is 0. The van der Waals surface area contributed by atoms with Crippen LogP contribution in [-0.4, -0.2) is 58.4 Å². The molecule has 0 aliphatic carbocycles. The summed E-state index contributed by atoms with van der Waals surface area (Å²) in [7, 11) is 0. The molecule has 1 fully saturated rings. The zero-order valence-corrected chi connectivity index (χ0v) is 19.9. The van der Waals surface area contributed by atoms with E-state index in [1.54, 1.807) is 11.3 Å². The number of fused-ring (bicyclic) bond motifs is 1. The molecule has 1 aliphatic heterocycles. The first kappa shape index (κ1) is 21.5. The molecule has 0 unspecified atom stereocenters. The smallest absolute Gasteiger partial charge is 0.257 e. The molecule has 0 spiro atoms. The number of rotatable bonds is 5. The minimum Gasteiger partial charge on any atom is -0.493 e. The Morgan fingerprint density at radius 2 is 1.76 bits per heavy atom. The lowest BCUT2D eigenvalue weighted by Crippen LogP contribution is -2.48. The number of aryl methyl sites for hydroxylation is 2. The minimum absolute atomic E-state index is 0.0221. The van der Waals surface area contributed by atoms with Crippen LogP contribution in [0.4, 0.5) is 5.13 Å². The van der Waals surface area contributed by atoms with Gasteiger partial charge in [-0.2, -0.15) is 10.1 Å². The second-order valence-corrected chi connectivity index (χ2v) is 9.17. The highest BCUT2D eigenvalue weighted by atomic mass is 32.1. The highest BCUT2D eigenvalue weighted by Gasteiger charge is 2.26. The standard InChI is InChI=1S/C25H27N5O2S/c1-4-32-21-8-6-5-7-20(21)24(31)28-13-15-29(16-14-28)25-26-23-22(33-25)18(3)27-30(23)19-11-9-17(2)10-12-19/h5-12H,4,13-16H2,1-3H3. The largest absolute Gasteiger partial charge is 0.493 e. The van der Waals surface area contributed by atoms with Gasteiger partial charge in [-0.3, -0.25) is 4.79 Å². The first-order valence-corrected chi connectivity index (χ1v) is 12.1. The molecule has 5 rings (SSSR count). The molecule has 4 aromatic rings. The third kappa shape index (κ3) is 4.06. The van der Waals surface area contributed by atoms with E-state index in [0.717, 1.165) is 39.9 Å². The van der Waals surface area contributed by atoms with Gasteiger partial charge in [-0.05, 0) is 45.0 Å². The van der Waals surface area contributed by atoms with Crippen LogP contribution in [0.15, 0.2) is 48.5 Å². The molecule has 8 heteroatoms. The quantitative estimate of drug-likeness (QED) is 0.439. The maximum atomic E-state index is 13.1. The Labute approximate surface area is 197 Å². The van der Waals surface area contributed by atoms with Crippen molar-refractivity contribution >= 4 is 32.7 Å². The predicted octanol–water partition coefficient (Wildman–Crippen LogP) is 4.46. The fourth-order valence-electron chi connectivity index (χ4n) is 4.12. The van der Waals surface area contributed by atoms with Crippen LogP contribution in [0.3, 0.4) is 0 Å². The molecule has 2 aromatic carbocycles. The molecule has 1 aliphatic rings. The lowest BCUT2D eigenvalue weighted by atomic mass is 10.1. The first-order chi connectivity index (χ1) is 16.0. The van der Waals surface area contributed by atoms with E-state index < -0.39 is 0 Å². The Bertz CT molecular complexity index is 1290. The molecule has 3 heterocycles. The van der Waals surface area contributed by atoms with Crippen molar-refractivity contribution in [3.63, 3.8) is 0 Å². The van der Waals surface area contributed by atoms with Gasteiger partial charge in [0.05, 0.1) is 28.3 Å². The molecule has 33 heavy (non-hydrogen) atoms. The third-order valence-electron chi connectivity index (χ3n) is 5.91. The van der Waals surface area contributed by atoms with E-state index in [0.29, 0.717) is 31.0 Å². The first-order valence-electron chi connectivity index (χ1n) is 11.2. The monoisotopic (exact) mass is 461 g/mol. The van der Waals surface area contributed by atoms with Gasteiger partial charge in [0.25, 0.3) is 5.91 Å². The zero-order chi connectivity index (χ0) is 22.9. The number of benzene rings is 2. The van der Waals surface area contributed by atoms with Gasteiger partial charge in [-0.25, -0.2) is 4.68 Å². The Hall–Kier alpha value is -3.39. The maximum Gasteiger partial charge on any atom is 0.257 e. The SMILES string of the molecule is CCOc1ccccc1C(=O)N1CCN(c2nc3c(s2)c(C)nn3-c2ccc(C)cc2)CC1. The number of carbonyl (C=O) groups excluding carboxylic acids is 1. The fourth-order valence-corrected chi connectivity index (χ4v) is 5.16. The van der Waals surface area contributed by atoms with Crippen molar-refractivity contribution in [1.82, 2.24) is 19.7 Å². The van der Waals surface area contributed by atoms with E-state index >= 15 is 0 Å². The van der Waals surface area contributed by atoms with Crippen LogP contribution in [0.5, 0.6) is 5.75 Å². The van der Waals surface area contributed by atoms with Crippen molar-refractivity contribution in [3.8, 4) is 11.4 Å². The molecule has 0 radical (unpaired) electrons. The minimum atomic E-state index is 0.0221.